The van der Waals surface area contributed by atoms with E-state index in [1.54, 1.807) is 36.4 Å². The van der Waals surface area contributed by atoms with E-state index in [1.807, 2.05) is 6.07 Å². The van der Waals surface area contributed by atoms with Gasteiger partial charge in [0.1, 0.15) is 6.04 Å². The topological polar surface area (TPSA) is 109 Å². The van der Waals surface area contributed by atoms with Crippen molar-refractivity contribution in [3.63, 3.8) is 0 Å². The van der Waals surface area contributed by atoms with E-state index in [0.29, 0.717) is 16.7 Å². The molecule has 0 aromatic heterocycles. The third kappa shape index (κ3) is 4.24. The Hall–Kier alpha value is -2.99. The predicted molar refractivity (Wildman–Crippen MR) is 84.3 cm³/mol. The summed E-state index contributed by atoms with van der Waals surface area (Å²) in [5.41, 5.74) is 6.67. The summed E-state index contributed by atoms with van der Waals surface area (Å²) in [5.74, 6) is -1.76. The van der Waals surface area contributed by atoms with Crippen molar-refractivity contribution in [3.05, 3.63) is 71.3 Å². The lowest BCUT2D eigenvalue weighted by Crippen LogP contribution is -2.42. The molecule has 1 atom stereocenters. The molecule has 0 fully saturated rings. The first-order valence-electron chi connectivity index (χ1n) is 6.95. The number of rotatable bonds is 6. The molecule has 2 aromatic carbocycles. The van der Waals surface area contributed by atoms with Gasteiger partial charge >= 0.3 is 5.97 Å². The normalized spacial score (nSPS) is 11.5. The third-order valence-corrected chi connectivity index (χ3v) is 3.24. The minimum atomic E-state index is -1.19. The molecule has 4 N–H and O–H groups in total. The minimum absolute atomic E-state index is 0.134. The lowest BCUT2D eigenvalue weighted by molar-refractivity contribution is -0.138. The first-order valence-corrected chi connectivity index (χ1v) is 6.95. The highest BCUT2D eigenvalue weighted by atomic mass is 16.4. The Bertz CT molecular complexity index is 711. The zero-order valence-electron chi connectivity index (χ0n) is 12.2. The summed E-state index contributed by atoms with van der Waals surface area (Å²) >= 11 is 0. The van der Waals surface area contributed by atoms with Crippen molar-refractivity contribution < 1.29 is 19.5 Å². The second kappa shape index (κ2) is 7.33. The van der Waals surface area contributed by atoms with Crippen LogP contribution in [0.3, 0.4) is 0 Å². The number of ketones is 1. The van der Waals surface area contributed by atoms with E-state index in [4.69, 9.17) is 10.8 Å². The summed E-state index contributed by atoms with van der Waals surface area (Å²) in [6.07, 6.45) is 0. The number of carboxylic acid groups (broad SMARTS) is 1. The van der Waals surface area contributed by atoms with Gasteiger partial charge in [-0.2, -0.15) is 0 Å². The van der Waals surface area contributed by atoms with Crippen LogP contribution in [-0.2, 0) is 4.79 Å². The largest absolute Gasteiger partial charge is 0.480 e. The van der Waals surface area contributed by atoms with Gasteiger partial charge in [0, 0.05) is 23.2 Å². The Kier molecular flexibility index (Phi) is 5.22. The van der Waals surface area contributed by atoms with E-state index in [0.717, 1.165) is 0 Å². The molecule has 118 valence electrons. The molecule has 0 aliphatic heterocycles. The van der Waals surface area contributed by atoms with E-state index in [1.165, 1.54) is 12.1 Å². The molecule has 1 unspecified atom stereocenters. The van der Waals surface area contributed by atoms with Gasteiger partial charge in [0.15, 0.2) is 5.78 Å². The molecule has 0 saturated carbocycles. The number of aliphatic carboxylic acids is 1. The lowest BCUT2D eigenvalue weighted by atomic mass is 10.0. The lowest BCUT2D eigenvalue weighted by Gasteiger charge is -2.09. The molecule has 23 heavy (non-hydrogen) atoms. The zero-order valence-corrected chi connectivity index (χ0v) is 12.2. The number of benzene rings is 2. The van der Waals surface area contributed by atoms with Crippen molar-refractivity contribution in [1.82, 2.24) is 5.32 Å². The molecule has 2 rings (SSSR count). The number of hydrogen-bond donors (Lipinski definition) is 3. The van der Waals surface area contributed by atoms with E-state index in [-0.39, 0.29) is 12.3 Å². The summed E-state index contributed by atoms with van der Waals surface area (Å²) in [6.45, 7) is -0.168. The molecular weight excluding hydrogens is 296 g/mol. The highest BCUT2D eigenvalue weighted by Crippen LogP contribution is 2.11. The monoisotopic (exact) mass is 312 g/mol. The molecule has 6 heteroatoms. The van der Waals surface area contributed by atoms with Crippen molar-refractivity contribution >= 4 is 17.7 Å². The van der Waals surface area contributed by atoms with Crippen molar-refractivity contribution in [2.45, 2.75) is 6.04 Å². The summed E-state index contributed by atoms with van der Waals surface area (Å²) in [7, 11) is 0. The number of nitrogens with two attached hydrogens (primary N) is 1. The molecule has 0 radical (unpaired) electrons. The summed E-state index contributed by atoms with van der Waals surface area (Å²) in [4.78, 5) is 34.7. The van der Waals surface area contributed by atoms with Crippen LogP contribution in [0.1, 0.15) is 26.3 Å². The molecule has 6 nitrogen and oxygen atoms in total. The fourth-order valence-corrected chi connectivity index (χ4v) is 1.92. The quantitative estimate of drug-likeness (QED) is 0.691. The van der Waals surface area contributed by atoms with Crippen molar-refractivity contribution in [1.29, 1.82) is 0 Å². The van der Waals surface area contributed by atoms with E-state index >= 15 is 0 Å². The van der Waals surface area contributed by atoms with Gasteiger partial charge in [0.05, 0.1) is 0 Å². The average Bonchev–Trinajstić information content (AvgIpc) is 2.59. The van der Waals surface area contributed by atoms with Gasteiger partial charge in [-0.05, 0) is 12.1 Å². The maximum atomic E-state index is 12.2. The van der Waals surface area contributed by atoms with Gasteiger partial charge in [-0.1, -0.05) is 42.5 Å². The average molecular weight is 312 g/mol. The molecular formula is C17H16N2O4. The predicted octanol–water partition coefficient (Wildman–Crippen LogP) is 1.06. The maximum absolute atomic E-state index is 12.2. The molecule has 1 amide bonds. The first-order chi connectivity index (χ1) is 11.0. The zero-order chi connectivity index (χ0) is 16.8. The standard InChI is InChI=1S/C17H16N2O4/c18-14(17(22)23)10-19-16(21)13-8-6-12(7-9-13)15(20)11-4-2-1-3-5-11/h1-9,14H,10,18H2,(H,19,21)(H,22,23). The molecule has 0 spiro atoms. The highest BCUT2D eigenvalue weighted by Gasteiger charge is 2.14. The molecule has 0 heterocycles. The van der Waals surface area contributed by atoms with Crippen LogP contribution in [0.5, 0.6) is 0 Å². The Balaban J connectivity index is 2.03. The Morgan fingerprint density at radius 3 is 2.00 bits per heavy atom. The van der Waals surface area contributed by atoms with Crippen LogP contribution < -0.4 is 11.1 Å². The van der Waals surface area contributed by atoms with Crippen LogP contribution >= 0.6 is 0 Å². The van der Waals surface area contributed by atoms with Crippen LogP contribution in [0.2, 0.25) is 0 Å². The molecule has 0 saturated heterocycles. The van der Waals surface area contributed by atoms with Gasteiger partial charge < -0.3 is 16.2 Å². The fourth-order valence-electron chi connectivity index (χ4n) is 1.92. The highest BCUT2D eigenvalue weighted by molar-refractivity contribution is 6.09. The maximum Gasteiger partial charge on any atom is 0.322 e. The van der Waals surface area contributed by atoms with Crippen LogP contribution in [-0.4, -0.2) is 35.4 Å². The van der Waals surface area contributed by atoms with E-state index < -0.39 is 17.9 Å². The van der Waals surface area contributed by atoms with Crippen LogP contribution in [0.25, 0.3) is 0 Å². The summed E-state index contributed by atoms with van der Waals surface area (Å²) in [5, 5.41) is 11.1. The van der Waals surface area contributed by atoms with Crippen molar-refractivity contribution in [2.24, 2.45) is 5.73 Å². The molecule has 0 aliphatic carbocycles. The van der Waals surface area contributed by atoms with E-state index in [9.17, 15) is 14.4 Å². The van der Waals surface area contributed by atoms with Gasteiger partial charge in [0.25, 0.3) is 5.91 Å². The fraction of sp³-hybridized carbons (Fsp3) is 0.118. The van der Waals surface area contributed by atoms with Crippen LogP contribution in [0.15, 0.2) is 54.6 Å². The molecule has 2 aromatic rings. The second-order valence-corrected chi connectivity index (χ2v) is 4.93. The van der Waals surface area contributed by atoms with Gasteiger partial charge in [-0.25, -0.2) is 0 Å². The smallest absolute Gasteiger partial charge is 0.322 e. The number of carboxylic acids is 1. The van der Waals surface area contributed by atoms with Crippen LogP contribution in [0.4, 0.5) is 0 Å². The van der Waals surface area contributed by atoms with Gasteiger partial charge in [-0.15, -0.1) is 0 Å². The van der Waals surface area contributed by atoms with Crippen molar-refractivity contribution in [3.8, 4) is 0 Å². The number of carbonyl (C=O) groups excluding carboxylic acids is 2. The third-order valence-electron chi connectivity index (χ3n) is 3.24. The Labute approximate surface area is 132 Å². The van der Waals surface area contributed by atoms with Gasteiger partial charge in [0.2, 0.25) is 0 Å². The molecule has 0 bridgehead atoms. The summed E-state index contributed by atoms with van der Waals surface area (Å²) in [6, 6.07) is 13.8. The number of hydrogen-bond acceptors (Lipinski definition) is 4. The first kappa shape index (κ1) is 16.4. The number of nitrogens with one attached hydrogen (secondary N) is 1. The number of amides is 1. The minimum Gasteiger partial charge on any atom is -0.480 e. The summed E-state index contributed by atoms with van der Waals surface area (Å²) < 4.78 is 0. The Morgan fingerprint density at radius 1 is 0.913 bits per heavy atom. The van der Waals surface area contributed by atoms with Crippen molar-refractivity contribution in [2.75, 3.05) is 6.54 Å². The van der Waals surface area contributed by atoms with E-state index in [2.05, 4.69) is 5.32 Å². The second-order valence-electron chi connectivity index (χ2n) is 4.93. The van der Waals surface area contributed by atoms with Gasteiger partial charge in [-0.3, -0.25) is 14.4 Å². The van der Waals surface area contributed by atoms with Crippen LogP contribution in [0, 0.1) is 0 Å². The Morgan fingerprint density at radius 2 is 1.43 bits per heavy atom. The molecule has 0 aliphatic rings. The number of carbonyl (C=O) groups is 3. The SMILES string of the molecule is NC(CNC(=O)c1ccc(C(=O)c2ccccc2)cc1)C(=O)O.